The summed E-state index contributed by atoms with van der Waals surface area (Å²) in [7, 11) is 1.47. The molecule has 1 aliphatic rings. The fourth-order valence-corrected chi connectivity index (χ4v) is 3.62. The number of nitrogens with zero attached hydrogens (tertiary/aromatic N) is 2. The molecule has 144 valence electrons. The smallest absolute Gasteiger partial charge is 0.322 e. The second-order valence-corrected chi connectivity index (χ2v) is 6.91. The van der Waals surface area contributed by atoms with Crippen molar-refractivity contribution in [3.05, 3.63) is 64.7 Å². The van der Waals surface area contributed by atoms with Crippen LogP contribution in [-0.4, -0.2) is 29.9 Å². The van der Waals surface area contributed by atoms with Gasteiger partial charge in [0.15, 0.2) is 0 Å². The summed E-state index contributed by atoms with van der Waals surface area (Å²) in [4.78, 5) is 14.3. The molecule has 0 saturated heterocycles. The van der Waals surface area contributed by atoms with E-state index >= 15 is 0 Å². The van der Waals surface area contributed by atoms with Crippen LogP contribution < -0.4 is 15.0 Å². The molecular formula is C20H18ClFN4O2. The highest BCUT2D eigenvalue weighted by atomic mass is 35.5. The van der Waals surface area contributed by atoms with Gasteiger partial charge in [-0.1, -0.05) is 11.6 Å². The normalized spacial score (nSPS) is 12.8. The molecule has 0 fully saturated rings. The van der Waals surface area contributed by atoms with Gasteiger partial charge in [0.05, 0.1) is 24.0 Å². The molecule has 2 amide bonds. The number of fused-ring (bicyclic) bond motifs is 1. The highest BCUT2D eigenvalue weighted by Crippen LogP contribution is 2.37. The average Bonchev–Trinajstić information content (AvgIpc) is 3.34. The van der Waals surface area contributed by atoms with Crippen molar-refractivity contribution in [1.82, 2.24) is 15.5 Å². The standard InChI is InChI=1S/C20H18ClFN4O2/c1-28-16-5-12(4-15(22)7-16)9-23-20(27)26-3-2-13-6-17(14-10-24-25-11-14)18(21)8-19(13)26/h4-8,10-11H,2-3,9H2,1H3,(H,23,27)(H,24,25). The van der Waals surface area contributed by atoms with Crippen molar-refractivity contribution >= 4 is 23.3 Å². The Labute approximate surface area is 166 Å². The SMILES string of the molecule is COc1cc(F)cc(CNC(=O)N2CCc3cc(-c4cn[nH]c4)c(Cl)cc32)c1. The van der Waals surface area contributed by atoms with Gasteiger partial charge in [-0.2, -0.15) is 5.10 Å². The number of methoxy groups -OCH3 is 1. The first kappa shape index (κ1) is 18.3. The van der Waals surface area contributed by atoms with Crippen LogP contribution in [0.25, 0.3) is 11.1 Å². The average molecular weight is 401 g/mol. The van der Waals surface area contributed by atoms with Crippen LogP contribution in [-0.2, 0) is 13.0 Å². The Kier molecular flexibility index (Phi) is 4.92. The molecule has 0 spiro atoms. The van der Waals surface area contributed by atoms with Gasteiger partial charge in [0.1, 0.15) is 11.6 Å². The Morgan fingerprint density at radius 2 is 2.21 bits per heavy atom. The Balaban J connectivity index is 1.50. The molecular weight excluding hydrogens is 383 g/mol. The van der Waals surface area contributed by atoms with E-state index in [4.69, 9.17) is 16.3 Å². The molecule has 3 aromatic rings. The van der Waals surface area contributed by atoms with Crippen molar-refractivity contribution in [2.45, 2.75) is 13.0 Å². The Morgan fingerprint density at radius 3 is 2.96 bits per heavy atom. The van der Waals surface area contributed by atoms with Crippen molar-refractivity contribution in [3.8, 4) is 16.9 Å². The summed E-state index contributed by atoms with van der Waals surface area (Å²) in [6, 6.07) is 7.89. The maximum absolute atomic E-state index is 13.6. The van der Waals surface area contributed by atoms with E-state index in [-0.39, 0.29) is 12.6 Å². The summed E-state index contributed by atoms with van der Waals surface area (Å²) in [6.45, 7) is 0.748. The highest BCUT2D eigenvalue weighted by Gasteiger charge is 2.26. The lowest BCUT2D eigenvalue weighted by Gasteiger charge is -2.19. The fraction of sp³-hybridized carbons (Fsp3) is 0.200. The zero-order valence-electron chi connectivity index (χ0n) is 15.1. The second-order valence-electron chi connectivity index (χ2n) is 6.51. The molecule has 0 aliphatic carbocycles. The van der Waals surface area contributed by atoms with Crippen molar-refractivity contribution in [3.63, 3.8) is 0 Å². The molecule has 28 heavy (non-hydrogen) atoms. The van der Waals surface area contributed by atoms with Gasteiger partial charge in [0, 0.05) is 36.5 Å². The van der Waals surface area contributed by atoms with E-state index in [0.29, 0.717) is 22.9 Å². The molecule has 0 saturated carbocycles. The molecule has 0 bridgehead atoms. The third-order valence-corrected chi connectivity index (χ3v) is 5.04. The van der Waals surface area contributed by atoms with Crippen molar-refractivity contribution < 1.29 is 13.9 Å². The number of carbonyl (C=O) groups excluding carboxylic acids is 1. The van der Waals surface area contributed by atoms with Crippen LogP contribution in [0.1, 0.15) is 11.1 Å². The van der Waals surface area contributed by atoms with Crippen molar-refractivity contribution in [2.24, 2.45) is 0 Å². The van der Waals surface area contributed by atoms with Crippen LogP contribution in [0.3, 0.4) is 0 Å². The molecule has 0 unspecified atom stereocenters. The molecule has 0 atom stereocenters. The number of anilines is 1. The number of benzene rings is 2. The number of amides is 2. The number of aromatic amines is 1. The number of rotatable bonds is 4. The van der Waals surface area contributed by atoms with Crippen LogP contribution in [0.15, 0.2) is 42.7 Å². The molecule has 1 aromatic heterocycles. The van der Waals surface area contributed by atoms with Gasteiger partial charge in [-0.15, -0.1) is 0 Å². The van der Waals surface area contributed by atoms with Gasteiger partial charge < -0.3 is 10.1 Å². The quantitative estimate of drug-likeness (QED) is 0.691. The maximum Gasteiger partial charge on any atom is 0.322 e. The number of urea groups is 1. The van der Waals surface area contributed by atoms with Crippen molar-refractivity contribution in [1.29, 1.82) is 0 Å². The van der Waals surface area contributed by atoms with Crippen LogP contribution in [0.4, 0.5) is 14.9 Å². The first-order chi connectivity index (χ1) is 13.5. The topological polar surface area (TPSA) is 70.2 Å². The number of hydrogen-bond donors (Lipinski definition) is 2. The van der Waals surface area contributed by atoms with E-state index in [2.05, 4.69) is 15.5 Å². The van der Waals surface area contributed by atoms with Gasteiger partial charge in [0.25, 0.3) is 0 Å². The number of hydrogen-bond acceptors (Lipinski definition) is 3. The van der Waals surface area contributed by atoms with Gasteiger partial charge in [-0.3, -0.25) is 10.00 Å². The maximum atomic E-state index is 13.6. The third kappa shape index (κ3) is 3.53. The van der Waals surface area contributed by atoms with E-state index < -0.39 is 5.82 Å². The van der Waals surface area contributed by atoms with E-state index in [1.807, 2.05) is 6.07 Å². The number of carbonyl (C=O) groups is 1. The van der Waals surface area contributed by atoms with Gasteiger partial charge in [-0.25, -0.2) is 9.18 Å². The first-order valence-corrected chi connectivity index (χ1v) is 9.13. The van der Waals surface area contributed by atoms with Crippen LogP contribution in [0.5, 0.6) is 5.75 Å². The fourth-order valence-electron chi connectivity index (χ4n) is 3.36. The third-order valence-electron chi connectivity index (χ3n) is 4.73. The van der Waals surface area contributed by atoms with Crippen LogP contribution in [0.2, 0.25) is 5.02 Å². The molecule has 0 radical (unpaired) electrons. The Morgan fingerprint density at radius 1 is 1.36 bits per heavy atom. The molecule has 4 rings (SSSR count). The number of ether oxygens (including phenoxy) is 1. The number of halogens is 2. The lowest BCUT2D eigenvalue weighted by atomic mass is 10.0. The van der Waals surface area contributed by atoms with E-state index in [0.717, 1.165) is 28.8 Å². The first-order valence-electron chi connectivity index (χ1n) is 8.75. The van der Waals surface area contributed by atoms with Crippen molar-refractivity contribution in [2.75, 3.05) is 18.6 Å². The monoisotopic (exact) mass is 400 g/mol. The summed E-state index contributed by atoms with van der Waals surface area (Å²) in [5.74, 6) is 0.00278. The number of H-pyrrole nitrogens is 1. The lowest BCUT2D eigenvalue weighted by molar-refractivity contribution is 0.246. The summed E-state index contributed by atoms with van der Waals surface area (Å²) in [6.07, 6.45) is 4.22. The zero-order chi connectivity index (χ0) is 19.7. The molecule has 2 aromatic carbocycles. The van der Waals surface area contributed by atoms with Gasteiger partial charge >= 0.3 is 6.03 Å². The minimum absolute atomic E-state index is 0.194. The molecule has 2 N–H and O–H groups in total. The summed E-state index contributed by atoms with van der Waals surface area (Å²) < 4.78 is 18.7. The Hall–Kier alpha value is -3.06. The summed E-state index contributed by atoms with van der Waals surface area (Å²) in [5.41, 5.74) is 4.23. The van der Waals surface area contributed by atoms with Gasteiger partial charge in [0.2, 0.25) is 0 Å². The van der Waals surface area contributed by atoms with Gasteiger partial charge in [-0.05, 0) is 41.8 Å². The van der Waals surface area contributed by atoms with E-state index in [1.165, 1.54) is 19.2 Å². The lowest BCUT2D eigenvalue weighted by Crippen LogP contribution is -2.38. The van der Waals surface area contributed by atoms with E-state index in [1.54, 1.807) is 29.4 Å². The number of aromatic nitrogens is 2. The summed E-state index contributed by atoms with van der Waals surface area (Å²) in [5, 5.41) is 10.1. The molecule has 1 aliphatic heterocycles. The molecule has 2 heterocycles. The Bertz CT molecular complexity index is 1020. The van der Waals surface area contributed by atoms with Crippen LogP contribution in [0, 0.1) is 5.82 Å². The highest BCUT2D eigenvalue weighted by molar-refractivity contribution is 6.33. The van der Waals surface area contributed by atoms with E-state index in [9.17, 15) is 9.18 Å². The zero-order valence-corrected chi connectivity index (χ0v) is 15.9. The predicted octanol–water partition coefficient (Wildman–Crippen LogP) is 4.15. The number of nitrogens with one attached hydrogen (secondary N) is 2. The molecule has 8 heteroatoms. The molecule has 6 nitrogen and oxygen atoms in total. The van der Waals surface area contributed by atoms with Crippen LogP contribution >= 0.6 is 11.6 Å². The largest absolute Gasteiger partial charge is 0.497 e. The second kappa shape index (κ2) is 7.52. The predicted molar refractivity (Wildman–Crippen MR) is 105 cm³/mol. The minimum atomic E-state index is -0.409. The minimum Gasteiger partial charge on any atom is -0.497 e. The summed E-state index contributed by atoms with van der Waals surface area (Å²) >= 11 is 6.44.